The Balaban J connectivity index is 1.91. The van der Waals surface area contributed by atoms with Gasteiger partial charge in [-0.25, -0.2) is 0 Å². The van der Waals surface area contributed by atoms with Crippen LogP contribution in [-0.4, -0.2) is 21.6 Å². The molecule has 21 heavy (non-hydrogen) atoms. The van der Waals surface area contributed by atoms with Crippen LogP contribution in [0.4, 0.5) is 5.82 Å². The summed E-state index contributed by atoms with van der Waals surface area (Å²) in [5, 5.41) is 11.3. The molecule has 0 aliphatic heterocycles. The van der Waals surface area contributed by atoms with Crippen molar-refractivity contribution in [2.24, 2.45) is 5.41 Å². The van der Waals surface area contributed by atoms with E-state index in [9.17, 15) is 0 Å². The van der Waals surface area contributed by atoms with Crippen LogP contribution in [-0.2, 0) is 13.1 Å². The molecule has 0 saturated carbocycles. The minimum atomic E-state index is 0.160. The third-order valence-corrected chi connectivity index (χ3v) is 2.91. The number of anilines is 1. The van der Waals surface area contributed by atoms with Gasteiger partial charge in [0.15, 0.2) is 5.82 Å². The molecule has 5 heteroatoms. The van der Waals surface area contributed by atoms with Crippen LogP contribution < -0.4 is 10.1 Å². The van der Waals surface area contributed by atoms with Crippen molar-refractivity contribution >= 4 is 5.82 Å². The highest BCUT2D eigenvalue weighted by atomic mass is 16.5. The highest BCUT2D eigenvalue weighted by Gasteiger charge is 2.11. The predicted octanol–water partition coefficient (Wildman–Crippen LogP) is 3.34. The van der Waals surface area contributed by atoms with E-state index in [1.165, 1.54) is 0 Å². The zero-order valence-corrected chi connectivity index (χ0v) is 13.3. The summed E-state index contributed by atoms with van der Waals surface area (Å²) in [4.78, 5) is 0. The summed E-state index contributed by atoms with van der Waals surface area (Å²) in [5.41, 5.74) is 1.32. The molecule has 0 fully saturated rings. The Morgan fingerprint density at radius 2 is 2.10 bits per heavy atom. The maximum absolute atomic E-state index is 5.82. The maximum atomic E-state index is 5.82. The molecular formula is C16H24N4O. The lowest BCUT2D eigenvalue weighted by Gasteiger charge is -2.19. The van der Waals surface area contributed by atoms with E-state index in [1.54, 1.807) is 4.68 Å². The van der Waals surface area contributed by atoms with E-state index in [0.717, 1.165) is 23.7 Å². The largest absolute Gasteiger partial charge is 0.493 e. The van der Waals surface area contributed by atoms with Gasteiger partial charge in [-0.05, 0) is 30.0 Å². The van der Waals surface area contributed by atoms with Gasteiger partial charge in [-0.2, -0.15) is 0 Å². The van der Waals surface area contributed by atoms with Crippen LogP contribution in [0, 0.1) is 5.41 Å². The highest BCUT2D eigenvalue weighted by Crippen LogP contribution is 2.19. The summed E-state index contributed by atoms with van der Waals surface area (Å²) in [6, 6.07) is 8.13. The molecule has 0 unspecified atom stereocenters. The van der Waals surface area contributed by atoms with E-state index in [-0.39, 0.29) is 5.41 Å². The van der Waals surface area contributed by atoms with Gasteiger partial charge in [-0.15, -0.1) is 5.10 Å². The Morgan fingerprint density at radius 1 is 1.29 bits per heavy atom. The fourth-order valence-corrected chi connectivity index (χ4v) is 1.77. The van der Waals surface area contributed by atoms with Gasteiger partial charge in [0.25, 0.3) is 0 Å². The standard InChI is InChI=1S/C16H24N4O/c1-5-20-11-15(18-19-20)17-10-13-7-6-8-14(9-13)21-12-16(2,3)4/h6-9,11,17H,5,10,12H2,1-4H3. The number of hydrogen-bond acceptors (Lipinski definition) is 4. The molecule has 0 spiro atoms. The molecule has 0 aliphatic rings. The molecule has 0 atom stereocenters. The molecule has 5 nitrogen and oxygen atoms in total. The molecule has 114 valence electrons. The first-order valence-corrected chi connectivity index (χ1v) is 7.32. The first-order valence-electron chi connectivity index (χ1n) is 7.32. The van der Waals surface area contributed by atoms with E-state index in [4.69, 9.17) is 4.74 Å². The van der Waals surface area contributed by atoms with Crippen molar-refractivity contribution in [2.45, 2.75) is 40.8 Å². The maximum Gasteiger partial charge on any atom is 0.168 e. The predicted molar refractivity (Wildman–Crippen MR) is 84.4 cm³/mol. The van der Waals surface area contributed by atoms with Gasteiger partial charge >= 0.3 is 0 Å². The minimum absolute atomic E-state index is 0.160. The van der Waals surface area contributed by atoms with Gasteiger partial charge in [-0.1, -0.05) is 38.1 Å². The molecule has 0 amide bonds. The van der Waals surface area contributed by atoms with E-state index >= 15 is 0 Å². The Labute approximate surface area is 126 Å². The van der Waals surface area contributed by atoms with Crippen molar-refractivity contribution < 1.29 is 4.74 Å². The molecule has 2 rings (SSSR count). The van der Waals surface area contributed by atoms with Gasteiger partial charge < -0.3 is 10.1 Å². The molecule has 1 N–H and O–H groups in total. The number of aryl methyl sites for hydroxylation is 1. The smallest absolute Gasteiger partial charge is 0.168 e. The quantitative estimate of drug-likeness (QED) is 0.885. The van der Waals surface area contributed by atoms with Crippen LogP contribution in [0.25, 0.3) is 0 Å². The third-order valence-electron chi connectivity index (χ3n) is 2.91. The number of hydrogen-bond donors (Lipinski definition) is 1. The van der Waals surface area contributed by atoms with Crippen LogP contribution in [0.5, 0.6) is 5.75 Å². The van der Waals surface area contributed by atoms with Crippen molar-refractivity contribution in [3.05, 3.63) is 36.0 Å². The van der Waals surface area contributed by atoms with Crippen molar-refractivity contribution in [1.29, 1.82) is 0 Å². The lowest BCUT2D eigenvalue weighted by Crippen LogP contribution is -2.16. The van der Waals surface area contributed by atoms with Crippen LogP contribution in [0.15, 0.2) is 30.5 Å². The van der Waals surface area contributed by atoms with Crippen molar-refractivity contribution in [3.8, 4) is 5.75 Å². The molecule has 1 aromatic heterocycles. The van der Waals surface area contributed by atoms with Crippen molar-refractivity contribution in [3.63, 3.8) is 0 Å². The summed E-state index contributed by atoms with van der Waals surface area (Å²) in [6.45, 7) is 10.8. The number of benzene rings is 1. The Morgan fingerprint density at radius 3 is 2.76 bits per heavy atom. The monoisotopic (exact) mass is 288 g/mol. The molecule has 1 heterocycles. The summed E-state index contributed by atoms with van der Waals surface area (Å²) in [6.07, 6.45) is 1.90. The Kier molecular flexibility index (Phi) is 4.83. The van der Waals surface area contributed by atoms with Crippen LogP contribution in [0.3, 0.4) is 0 Å². The summed E-state index contributed by atoms with van der Waals surface area (Å²) in [5.74, 6) is 1.69. The second-order valence-electron chi connectivity index (χ2n) is 6.31. The third kappa shape index (κ3) is 5.10. The molecular weight excluding hydrogens is 264 g/mol. The normalized spacial score (nSPS) is 11.4. The van der Waals surface area contributed by atoms with Crippen molar-refractivity contribution in [2.75, 3.05) is 11.9 Å². The van der Waals surface area contributed by atoms with Gasteiger partial charge in [0.05, 0.1) is 12.8 Å². The van der Waals surface area contributed by atoms with Gasteiger partial charge in [0.1, 0.15) is 5.75 Å². The topological polar surface area (TPSA) is 52.0 Å². The fourth-order valence-electron chi connectivity index (χ4n) is 1.77. The Hall–Kier alpha value is -2.04. The highest BCUT2D eigenvalue weighted by molar-refractivity contribution is 5.34. The van der Waals surface area contributed by atoms with Crippen LogP contribution >= 0.6 is 0 Å². The molecule has 2 aromatic rings. The van der Waals surface area contributed by atoms with Crippen LogP contribution in [0.1, 0.15) is 33.3 Å². The van der Waals surface area contributed by atoms with Crippen LogP contribution in [0.2, 0.25) is 0 Å². The van der Waals surface area contributed by atoms with E-state index in [0.29, 0.717) is 13.2 Å². The van der Waals surface area contributed by atoms with Gasteiger partial charge in [0, 0.05) is 13.1 Å². The number of nitrogens with zero attached hydrogens (tertiary/aromatic N) is 3. The van der Waals surface area contributed by atoms with Gasteiger partial charge in [0.2, 0.25) is 0 Å². The fraction of sp³-hybridized carbons (Fsp3) is 0.500. The number of nitrogens with one attached hydrogen (secondary N) is 1. The second-order valence-corrected chi connectivity index (χ2v) is 6.31. The molecule has 1 aromatic carbocycles. The lowest BCUT2D eigenvalue weighted by atomic mass is 9.99. The average molecular weight is 288 g/mol. The lowest BCUT2D eigenvalue weighted by molar-refractivity contribution is 0.198. The second kappa shape index (κ2) is 6.61. The average Bonchev–Trinajstić information content (AvgIpc) is 2.91. The van der Waals surface area contributed by atoms with E-state index < -0.39 is 0 Å². The van der Waals surface area contributed by atoms with Crippen molar-refractivity contribution in [1.82, 2.24) is 15.0 Å². The number of aromatic nitrogens is 3. The summed E-state index contributed by atoms with van der Waals surface area (Å²) >= 11 is 0. The molecule has 0 bridgehead atoms. The molecule has 0 radical (unpaired) electrons. The van der Waals surface area contributed by atoms with Gasteiger partial charge in [-0.3, -0.25) is 4.68 Å². The molecule has 0 saturated heterocycles. The number of rotatable bonds is 6. The van der Waals surface area contributed by atoms with E-state index in [1.807, 2.05) is 25.3 Å². The Bertz CT molecular complexity index is 572. The summed E-state index contributed by atoms with van der Waals surface area (Å²) < 4.78 is 7.62. The first kappa shape index (κ1) is 15.4. The first-order chi connectivity index (χ1) is 9.96. The zero-order chi connectivity index (χ0) is 15.3. The molecule has 0 aliphatic carbocycles. The summed E-state index contributed by atoms with van der Waals surface area (Å²) in [7, 11) is 0. The minimum Gasteiger partial charge on any atom is -0.493 e. The SMILES string of the molecule is CCn1cc(NCc2cccc(OCC(C)(C)C)c2)nn1. The zero-order valence-electron chi connectivity index (χ0n) is 13.3. The number of ether oxygens (including phenoxy) is 1. The van der Waals surface area contributed by atoms with E-state index in [2.05, 4.69) is 48.5 Å².